The molecule has 0 aromatic heterocycles. The quantitative estimate of drug-likeness (QED) is 0.776. The Hall–Kier alpha value is -2.01. The molecule has 0 spiro atoms. The normalized spacial score (nSPS) is 25.1. The van der Waals surface area contributed by atoms with Gasteiger partial charge in [0.15, 0.2) is 0 Å². The Balaban J connectivity index is 1.79. The summed E-state index contributed by atoms with van der Waals surface area (Å²) in [4.78, 5) is 29.7. The van der Waals surface area contributed by atoms with E-state index in [9.17, 15) is 9.59 Å². The van der Waals surface area contributed by atoms with Gasteiger partial charge in [-0.3, -0.25) is 9.59 Å². The molecule has 1 N–H and O–H groups in total. The number of carbonyl (C=O) groups is 2. The van der Waals surface area contributed by atoms with Crippen LogP contribution < -0.4 is 5.32 Å². The van der Waals surface area contributed by atoms with Crippen molar-refractivity contribution in [2.45, 2.75) is 49.8 Å². The fourth-order valence-corrected chi connectivity index (χ4v) is 5.14. The lowest BCUT2D eigenvalue weighted by Crippen LogP contribution is -2.45. The van der Waals surface area contributed by atoms with Crippen molar-refractivity contribution in [3.05, 3.63) is 52.9 Å². The van der Waals surface area contributed by atoms with Gasteiger partial charge in [0, 0.05) is 47.3 Å². The van der Waals surface area contributed by atoms with Crippen LogP contribution in [0.25, 0.3) is 0 Å². The van der Waals surface area contributed by atoms with Crippen molar-refractivity contribution in [1.82, 2.24) is 10.2 Å². The summed E-state index contributed by atoms with van der Waals surface area (Å²) in [5.74, 6) is -0.145. The molecule has 0 saturated carbocycles. The van der Waals surface area contributed by atoms with Gasteiger partial charge in [-0.25, -0.2) is 0 Å². The van der Waals surface area contributed by atoms with Crippen LogP contribution in [0, 0.1) is 5.92 Å². The van der Waals surface area contributed by atoms with Crippen molar-refractivity contribution in [2.75, 3.05) is 19.3 Å². The molecule has 2 atom stereocenters. The minimum atomic E-state index is -0.277. The molecule has 0 bridgehead atoms. The third-order valence-corrected chi connectivity index (χ3v) is 6.91. The van der Waals surface area contributed by atoms with Gasteiger partial charge in [0.25, 0.3) is 5.91 Å². The number of nitrogens with zero attached hydrogens (tertiary/aromatic N) is 1. The number of benzene rings is 1. The van der Waals surface area contributed by atoms with Crippen molar-refractivity contribution < 1.29 is 9.59 Å². The van der Waals surface area contributed by atoms with E-state index < -0.39 is 0 Å². The maximum Gasteiger partial charge on any atom is 0.252 e. The highest BCUT2D eigenvalue weighted by Crippen LogP contribution is 2.44. The Morgan fingerprint density at radius 1 is 1.11 bits per heavy atom. The third kappa shape index (κ3) is 3.52. The van der Waals surface area contributed by atoms with Crippen LogP contribution in [0.1, 0.15) is 50.5 Å². The highest BCUT2D eigenvalue weighted by atomic mass is 32.2. The Bertz CT molecular complexity index is 835. The van der Waals surface area contributed by atoms with E-state index in [1.165, 1.54) is 11.3 Å². The highest BCUT2D eigenvalue weighted by Gasteiger charge is 2.43. The van der Waals surface area contributed by atoms with E-state index in [1.54, 1.807) is 11.8 Å². The average Bonchev–Trinajstić information content (AvgIpc) is 2.73. The lowest BCUT2D eigenvalue weighted by atomic mass is 9.70. The van der Waals surface area contributed by atoms with Crippen molar-refractivity contribution in [1.29, 1.82) is 0 Å². The van der Waals surface area contributed by atoms with E-state index in [0.717, 1.165) is 54.9 Å². The maximum atomic E-state index is 13.5. The molecule has 148 valence electrons. The summed E-state index contributed by atoms with van der Waals surface area (Å²) >= 11 is 1.70. The van der Waals surface area contributed by atoms with Crippen LogP contribution in [-0.2, 0) is 9.59 Å². The summed E-state index contributed by atoms with van der Waals surface area (Å²) in [6.45, 7) is 3.61. The predicted molar refractivity (Wildman–Crippen MR) is 113 cm³/mol. The standard InChI is InChI=1S/C23H28N2O2S/c1-15-20(23(27)25-13-4-3-5-14-25)21(16-9-11-17(28-2)12-10-16)22-18(24-15)7-6-8-19(22)26/h7,9-12,21-22,24H,3-6,8,13-14H2,1-2H3. The lowest BCUT2D eigenvalue weighted by Gasteiger charge is -2.40. The first-order valence-corrected chi connectivity index (χ1v) is 11.5. The Labute approximate surface area is 171 Å². The summed E-state index contributed by atoms with van der Waals surface area (Å²) in [6, 6.07) is 8.38. The number of ketones is 1. The molecule has 1 aromatic rings. The Morgan fingerprint density at radius 3 is 2.50 bits per heavy atom. The topological polar surface area (TPSA) is 49.4 Å². The number of likely N-dealkylation sites (tertiary alicyclic amines) is 1. The summed E-state index contributed by atoms with van der Waals surface area (Å²) in [5.41, 5.74) is 3.70. The van der Waals surface area contributed by atoms with E-state index in [-0.39, 0.29) is 23.5 Å². The number of amides is 1. The predicted octanol–water partition coefficient (Wildman–Crippen LogP) is 4.24. The molecule has 0 radical (unpaired) electrons. The number of carbonyl (C=O) groups excluding carboxylic acids is 2. The fourth-order valence-electron chi connectivity index (χ4n) is 4.73. The molecular formula is C23H28N2O2S. The van der Waals surface area contributed by atoms with Crippen LogP contribution in [-0.4, -0.2) is 35.9 Å². The molecule has 1 aromatic carbocycles. The first-order valence-electron chi connectivity index (χ1n) is 10.2. The van der Waals surface area contributed by atoms with Crippen LogP contribution in [0.4, 0.5) is 0 Å². The van der Waals surface area contributed by atoms with Crippen LogP contribution in [0.2, 0.25) is 0 Å². The number of nitrogens with one attached hydrogen (secondary N) is 1. The number of piperidine rings is 1. The van der Waals surface area contributed by atoms with Gasteiger partial charge < -0.3 is 10.2 Å². The molecule has 1 aliphatic carbocycles. The second kappa shape index (κ2) is 8.16. The zero-order valence-corrected chi connectivity index (χ0v) is 17.5. The van der Waals surface area contributed by atoms with Crippen LogP contribution >= 0.6 is 11.8 Å². The fraction of sp³-hybridized carbons (Fsp3) is 0.478. The summed E-state index contributed by atoms with van der Waals surface area (Å²) in [5, 5.41) is 3.41. The first-order chi connectivity index (χ1) is 13.6. The maximum absolute atomic E-state index is 13.5. The Morgan fingerprint density at radius 2 is 1.82 bits per heavy atom. The molecule has 1 fully saturated rings. The van der Waals surface area contributed by atoms with Gasteiger partial charge in [-0.15, -0.1) is 11.8 Å². The van der Waals surface area contributed by atoms with E-state index >= 15 is 0 Å². The van der Waals surface area contributed by atoms with Crippen molar-refractivity contribution in [3.8, 4) is 0 Å². The van der Waals surface area contributed by atoms with Gasteiger partial charge in [0.05, 0.1) is 5.92 Å². The number of thioether (sulfide) groups is 1. The summed E-state index contributed by atoms with van der Waals surface area (Å²) < 4.78 is 0. The van der Waals surface area contributed by atoms with Crippen molar-refractivity contribution in [3.63, 3.8) is 0 Å². The Kier molecular flexibility index (Phi) is 5.63. The number of allylic oxidation sites excluding steroid dienone is 3. The molecule has 4 rings (SSSR count). The molecule has 5 heteroatoms. The molecule has 2 heterocycles. The molecule has 1 amide bonds. The van der Waals surface area contributed by atoms with Crippen molar-refractivity contribution in [2.24, 2.45) is 5.92 Å². The molecule has 4 nitrogen and oxygen atoms in total. The number of hydrogen-bond acceptors (Lipinski definition) is 4. The minimum absolute atomic E-state index is 0.0982. The highest BCUT2D eigenvalue weighted by molar-refractivity contribution is 7.98. The van der Waals surface area contributed by atoms with E-state index in [0.29, 0.717) is 6.42 Å². The number of rotatable bonds is 3. The molecule has 2 aliphatic heterocycles. The third-order valence-electron chi connectivity index (χ3n) is 6.17. The van der Waals surface area contributed by atoms with Crippen molar-refractivity contribution >= 4 is 23.5 Å². The zero-order chi connectivity index (χ0) is 19.7. The summed E-state index contributed by atoms with van der Waals surface area (Å²) in [6.07, 6.45) is 8.84. The van der Waals surface area contributed by atoms with Gasteiger partial charge in [-0.05, 0) is 56.6 Å². The monoisotopic (exact) mass is 396 g/mol. The molecular weight excluding hydrogens is 368 g/mol. The van der Waals surface area contributed by atoms with Gasteiger partial charge in [-0.1, -0.05) is 18.2 Å². The molecule has 2 unspecified atom stereocenters. The van der Waals surface area contributed by atoms with Crippen LogP contribution in [0.5, 0.6) is 0 Å². The van der Waals surface area contributed by atoms with Gasteiger partial charge in [-0.2, -0.15) is 0 Å². The lowest BCUT2D eigenvalue weighted by molar-refractivity contribution is -0.129. The zero-order valence-electron chi connectivity index (χ0n) is 16.7. The van der Waals surface area contributed by atoms with Crippen LogP contribution in [0.15, 0.2) is 52.2 Å². The largest absolute Gasteiger partial charge is 0.362 e. The second-order valence-electron chi connectivity index (χ2n) is 7.91. The number of Topliss-reactive ketones (excluding diaryl/α,β-unsaturated/α-hetero) is 1. The average molecular weight is 397 g/mol. The van der Waals surface area contributed by atoms with E-state index in [2.05, 4.69) is 41.9 Å². The van der Waals surface area contributed by atoms with Gasteiger partial charge in [0.2, 0.25) is 0 Å². The first kappa shape index (κ1) is 19.3. The van der Waals surface area contributed by atoms with Gasteiger partial charge in [0.1, 0.15) is 5.78 Å². The second-order valence-corrected chi connectivity index (χ2v) is 8.79. The van der Waals surface area contributed by atoms with Crippen LogP contribution in [0.3, 0.4) is 0 Å². The molecule has 3 aliphatic rings. The van der Waals surface area contributed by atoms with Gasteiger partial charge >= 0.3 is 0 Å². The van der Waals surface area contributed by atoms with E-state index in [4.69, 9.17) is 0 Å². The smallest absolute Gasteiger partial charge is 0.252 e. The number of hydrogen-bond donors (Lipinski definition) is 1. The molecule has 1 saturated heterocycles. The minimum Gasteiger partial charge on any atom is -0.362 e. The number of fused-ring (bicyclic) bond motifs is 1. The SMILES string of the molecule is CSc1ccc(C2C(C(=O)N3CCCCC3)=C(C)NC3=CCCC(=O)C32)cc1. The van der Waals surface area contributed by atoms with E-state index in [1.807, 2.05) is 11.8 Å². The molecule has 28 heavy (non-hydrogen) atoms. The summed E-state index contributed by atoms with van der Waals surface area (Å²) in [7, 11) is 0.